The predicted octanol–water partition coefficient (Wildman–Crippen LogP) is 3.80. The minimum atomic E-state index is 0.0547. The van der Waals surface area contributed by atoms with Crippen molar-refractivity contribution in [2.24, 2.45) is 0 Å². The van der Waals surface area contributed by atoms with E-state index < -0.39 is 0 Å². The van der Waals surface area contributed by atoms with Crippen molar-refractivity contribution >= 4 is 0 Å². The van der Waals surface area contributed by atoms with Crippen LogP contribution < -0.4 is 0 Å². The molecule has 3 rings (SSSR count). The summed E-state index contributed by atoms with van der Waals surface area (Å²) < 4.78 is 11.5. The standard InChI is InChI=1S/C20H31NO2/c1-2-11-21(12-7-14-23-20-10-5-6-13-22-20)19-15-17-8-3-4-9-18(17)16-19/h3-4,8-9,19-20H,2,5-7,10-16H2,1H3. The third-order valence-electron chi connectivity index (χ3n) is 5.09. The molecule has 1 aliphatic carbocycles. The molecule has 2 aliphatic rings. The molecule has 0 saturated carbocycles. The summed E-state index contributed by atoms with van der Waals surface area (Å²) in [6.07, 6.45) is 8.30. The van der Waals surface area contributed by atoms with Crippen molar-refractivity contribution in [3.8, 4) is 0 Å². The molecule has 128 valence electrons. The van der Waals surface area contributed by atoms with Gasteiger partial charge in [0.05, 0.1) is 6.61 Å². The number of ether oxygens (including phenoxy) is 2. The Morgan fingerprint density at radius 3 is 2.57 bits per heavy atom. The van der Waals surface area contributed by atoms with Crippen LogP contribution in [-0.2, 0) is 22.3 Å². The van der Waals surface area contributed by atoms with Gasteiger partial charge in [-0.2, -0.15) is 0 Å². The molecule has 1 fully saturated rings. The second-order valence-electron chi connectivity index (χ2n) is 6.89. The van der Waals surface area contributed by atoms with Crippen molar-refractivity contribution in [3.05, 3.63) is 35.4 Å². The molecule has 0 amide bonds. The highest BCUT2D eigenvalue weighted by atomic mass is 16.7. The molecule has 1 heterocycles. The van der Waals surface area contributed by atoms with Gasteiger partial charge in [0.25, 0.3) is 0 Å². The lowest BCUT2D eigenvalue weighted by atomic mass is 10.1. The summed E-state index contributed by atoms with van der Waals surface area (Å²) in [6, 6.07) is 9.61. The molecule has 23 heavy (non-hydrogen) atoms. The smallest absolute Gasteiger partial charge is 0.157 e. The van der Waals surface area contributed by atoms with Gasteiger partial charge < -0.3 is 9.47 Å². The van der Waals surface area contributed by atoms with Crippen LogP contribution in [0.3, 0.4) is 0 Å². The van der Waals surface area contributed by atoms with Crippen molar-refractivity contribution < 1.29 is 9.47 Å². The van der Waals surface area contributed by atoms with E-state index in [-0.39, 0.29) is 6.29 Å². The van der Waals surface area contributed by atoms with Gasteiger partial charge in [0, 0.05) is 19.2 Å². The first-order valence-electron chi connectivity index (χ1n) is 9.41. The number of hydrogen-bond donors (Lipinski definition) is 0. The van der Waals surface area contributed by atoms with Gasteiger partial charge in [-0.15, -0.1) is 0 Å². The maximum absolute atomic E-state index is 5.89. The summed E-state index contributed by atoms with van der Waals surface area (Å²) in [6.45, 7) is 6.30. The molecule has 0 spiro atoms. The Morgan fingerprint density at radius 1 is 1.13 bits per heavy atom. The molecular formula is C20H31NO2. The molecule has 1 aromatic rings. The van der Waals surface area contributed by atoms with Gasteiger partial charge in [-0.05, 0) is 62.6 Å². The average Bonchev–Trinajstić information content (AvgIpc) is 3.02. The maximum atomic E-state index is 5.89. The minimum Gasteiger partial charge on any atom is -0.353 e. The zero-order chi connectivity index (χ0) is 15.9. The van der Waals surface area contributed by atoms with Crippen LogP contribution in [0.15, 0.2) is 24.3 Å². The number of hydrogen-bond acceptors (Lipinski definition) is 3. The zero-order valence-electron chi connectivity index (χ0n) is 14.5. The Bertz CT molecular complexity index is 445. The third-order valence-corrected chi connectivity index (χ3v) is 5.09. The third kappa shape index (κ3) is 4.79. The fourth-order valence-electron chi connectivity index (χ4n) is 3.88. The summed E-state index contributed by atoms with van der Waals surface area (Å²) in [4.78, 5) is 2.67. The van der Waals surface area contributed by atoms with Crippen LogP contribution in [0.1, 0.15) is 50.2 Å². The molecular weight excluding hydrogens is 286 g/mol. The van der Waals surface area contributed by atoms with Gasteiger partial charge in [0.1, 0.15) is 0 Å². The van der Waals surface area contributed by atoms with Crippen LogP contribution >= 0.6 is 0 Å². The topological polar surface area (TPSA) is 21.7 Å². The highest BCUT2D eigenvalue weighted by Crippen LogP contribution is 2.25. The first-order valence-corrected chi connectivity index (χ1v) is 9.41. The van der Waals surface area contributed by atoms with Gasteiger partial charge in [0.15, 0.2) is 6.29 Å². The molecule has 0 aromatic heterocycles. The molecule has 1 unspecified atom stereocenters. The van der Waals surface area contributed by atoms with Gasteiger partial charge in [-0.25, -0.2) is 0 Å². The molecule has 1 aliphatic heterocycles. The molecule has 0 N–H and O–H groups in total. The SMILES string of the molecule is CCCN(CCCOC1CCCCO1)C1Cc2ccccc2C1. The molecule has 0 radical (unpaired) electrons. The second kappa shape index (κ2) is 8.81. The zero-order valence-corrected chi connectivity index (χ0v) is 14.5. The quantitative estimate of drug-likeness (QED) is 0.681. The first kappa shape index (κ1) is 16.9. The summed E-state index contributed by atoms with van der Waals surface area (Å²) in [7, 11) is 0. The lowest BCUT2D eigenvalue weighted by Crippen LogP contribution is -2.38. The Labute approximate surface area is 141 Å². The maximum Gasteiger partial charge on any atom is 0.157 e. The van der Waals surface area contributed by atoms with Gasteiger partial charge >= 0.3 is 0 Å². The largest absolute Gasteiger partial charge is 0.353 e. The molecule has 1 saturated heterocycles. The van der Waals surface area contributed by atoms with Crippen LogP contribution in [0.5, 0.6) is 0 Å². The van der Waals surface area contributed by atoms with Crippen LogP contribution in [0, 0.1) is 0 Å². The van der Waals surface area contributed by atoms with Crippen LogP contribution in [0.25, 0.3) is 0 Å². The number of fused-ring (bicyclic) bond motifs is 1. The van der Waals surface area contributed by atoms with Gasteiger partial charge in [0.2, 0.25) is 0 Å². The summed E-state index contributed by atoms with van der Waals surface area (Å²) in [5.41, 5.74) is 3.09. The number of rotatable bonds is 8. The van der Waals surface area contributed by atoms with Crippen LogP contribution in [0.2, 0.25) is 0 Å². The number of nitrogens with zero attached hydrogens (tertiary/aromatic N) is 1. The molecule has 0 bridgehead atoms. The molecule has 1 atom stereocenters. The Morgan fingerprint density at radius 2 is 1.91 bits per heavy atom. The van der Waals surface area contributed by atoms with E-state index in [4.69, 9.17) is 9.47 Å². The minimum absolute atomic E-state index is 0.0547. The van der Waals surface area contributed by atoms with Crippen LogP contribution in [0.4, 0.5) is 0 Å². The van der Waals surface area contributed by atoms with Crippen LogP contribution in [-0.4, -0.2) is 43.5 Å². The molecule has 3 nitrogen and oxygen atoms in total. The van der Waals surface area contributed by atoms with E-state index in [0.717, 1.165) is 32.6 Å². The lowest BCUT2D eigenvalue weighted by Gasteiger charge is -2.29. The Hall–Kier alpha value is -0.900. The molecule has 1 aromatic carbocycles. The summed E-state index contributed by atoms with van der Waals surface area (Å²) >= 11 is 0. The van der Waals surface area contributed by atoms with E-state index in [1.165, 1.54) is 38.6 Å². The highest BCUT2D eigenvalue weighted by Gasteiger charge is 2.25. The first-order chi connectivity index (χ1) is 11.4. The van der Waals surface area contributed by atoms with Crippen molar-refractivity contribution in [2.45, 2.75) is 64.2 Å². The molecule has 3 heteroatoms. The highest BCUT2D eigenvalue weighted by molar-refractivity contribution is 5.33. The average molecular weight is 317 g/mol. The number of benzene rings is 1. The monoisotopic (exact) mass is 317 g/mol. The lowest BCUT2D eigenvalue weighted by molar-refractivity contribution is -0.163. The van der Waals surface area contributed by atoms with E-state index in [9.17, 15) is 0 Å². The van der Waals surface area contributed by atoms with Crippen molar-refractivity contribution in [1.82, 2.24) is 4.90 Å². The Balaban J connectivity index is 1.42. The summed E-state index contributed by atoms with van der Waals surface area (Å²) in [5, 5.41) is 0. The van der Waals surface area contributed by atoms with Crippen molar-refractivity contribution in [1.29, 1.82) is 0 Å². The van der Waals surface area contributed by atoms with E-state index in [1.54, 1.807) is 11.1 Å². The van der Waals surface area contributed by atoms with E-state index in [2.05, 4.69) is 36.1 Å². The van der Waals surface area contributed by atoms with E-state index >= 15 is 0 Å². The summed E-state index contributed by atoms with van der Waals surface area (Å²) in [5.74, 6) is 0. The van der Waals surface area contributed by atoms with Gasteiger partial charge in [-0.3, -0.25) is 4.90 Å². The van der Waals surface area contributed by atoms with Gasteiger partial charge in [-0.1, -0.05) is 31.2 Å². The van der Waals surface area contributed by atoms with Crippen molar-refractivity contribution in [3.63, 3.8) is 0 Å². The second-order valence-corrected chi connectivity index (χ2v) is 6.89. The van der Waals surface area contributed by atoms with E-state index in [0.29, 0.717) is 6.04 Å². The van der Waals surface area contributed by atoms with Crippen molar-refractivity contribution in [2.75, 3.05) is 26.3 Å². The fourth-order valence-corrected chi connectivity index (χ4v) is 3.88. The predicted molar refractivity (Wildman–Crippen MR) is 93.7 cm³/mol. The normalized spacial score (nSPS) is 21.7. The fraction of sp³-hybridized carbons (Fsp3) is 0.700. The van der Waals surface area contributed by atoms with E-state index in [1.807, 2.05) is 0 Å². The Kier molecular flexibility index (Phi) is 6.49.